The number of aryl methyl sites for hydroxylation is 2. The molecule has 25 heavy (non-hydrogen) atoms. The molecule has 2 aromatic carbocycles. The van der Waals surface area contributed by atoms with Crippen LogP contribution in [0.5, 0.6) is 0 Å². The van der Waals surface area contributed by atoms with Crippen LogP contribution in [-0.2, 0) is 4.79 Å². The summed E-state index contributed by atoms with van der Waals surface area (Å²) in [5.74, 6) is 0.150. The molecule has 128 valence electrons. The van der Waals surface area contributed by atoms with Crippen LogP contribution in [0.4, 0.5) is 5.69 Å². The molecule has 1 N–H and O–H groups in total. The standard InChI is InChI=1S/C18H19N5OS/c1-12-6-4-8-15(10-12)23-18(20-21-22-23)25-11-17(24)19-16-9-5-7-13(2)14(16)3/h4-10H,11H2,1-3H3,(H,19,24). The number of hydrogen-bond donors (Lipinski definition) is 1. The van der Waals surface area contributed by atoms with Crippen molar-refractivity contribution in [2.24, 2.45) is 0 Å². The van der Waals surface area contributed by atoms with E-state index in [-0.39, 0.29) is 11.7 Å². The third-order valence-electron chi connectivity index (χ3n) is 3.90. The van der Waals surface area contributed by atoms with E-state index >= 15 is 0 Å². The summed E-state index contributed by atoms with van der Waals surface area (Å²) in [7, 11) is 0. The van der Waals surface area contributed by atoms with Crippen LogP contribution >= 0.6 is 11.8 Å². The van der Waals surface area contributed by atoms with Crippen LogP contribution in [0.25, 0.3) is 5.69 Å². The Morgan fingerprint density at radius 3 is 2.76 bits per heavy atom. The van der Waals surface area contributed by atoms with Gasteiger partial charge in [-0.3, -0.25) is 4.79 Å². The summed E-state index contributed by atoms with van der Waals surface area (Å²) >= 11 is 1.31. The Morgan fingerprint density at radius 2 is 1.96 bits per heavy atom. The van der Waals surface area contributed by atoms with Crippen molar-refractivity contribution in [3.05, 3.63) is 59.2 Å². The van der Waals surface area contributed by atoms with E-state index in [1.165, 1.54) is 11.8 Å². The number of carbonyl (C=O) groups is 1. The zero-order chi connectivity index (χ0) is 17.8. The third kappa shape index (κ3) is 4.06. The van der Waals surface area contributed by atoms with Gasteiger partial charge < -0.3 is 5.32 Å². The number of amides is 1. The van der Waals surface area contributed by atoms with Crippen molar-refractivity contribution >= 4 is 23.4 Å². The number of tetrazole rings is 1. The fourth-order valence-electron chi connectivity index (χ4n) is 2.39. The van der Waals surface area contributed by atoms with Crippen molar-refractivity contribution in [1.29, 1.82) is 0 Å². The molecule has 0 radical (unpaired) electrons. The molecule has 0 aliphatic rings. The Bertz CT molecular complexity index is 906. The van der Waals surface area contributed by atoms with Gasteiger partial charge in [0, 0.05) is 5.69 Å². The number of nitrogens with zero attached hydrogens (tertiary/aromatic N) is 4. The molecule has 0 aliphatic heterocycles. The van der Waals surface area contributed by atoms with Gasteiger partial charge in [-0.25, -0.2) is 0 Å². The van der Waals surface area contributed by atoms with Crippen molar-refractivity contribution in [3.8, 4) is 5.69 Å². The first kappa shape index (κ1) is 17.2. The number of benzene rings is 2. The predicted octanol–water partition coefficient (Wildman–Crippen LogP) is 3.32. The number of nitrogens with one attached hydrogen (secondary N) is 1. The fourth-order valence-corrected chi connectivity index (χ4v) is 3.08. The van der Waals surface area contributed by atoms with Crippen LogP contribution in [0, 0.1) is 20.8 Å². The van der Waals surface area contributed by atoms with E-state index in [1.807, 2.05) is 63.2 Å². The largest absolute Gasteiger partial charge is 0.325 e. The van der Waals surface area contributed by atoms with Gasteiger partial charge in [-0.1, -0.05) is 36.0 Å². The van der Waals surface area contributed by atoms with Crippen LogP contribution in [0.15, 0.2) is 47.6 Å². The second-order valence-electron chi connectivity index (χ2n) is 5.80. The number of hydrogen-bond acceptors (Lipinski definition) is 5. The molecule has 0 aliphatic carbocycles. The lowest BCUT2D eigenvalue weighted by Crippen LogP contribution is -2.15. The summed E-state index contributed by atoms with van der Waals surface area (Å²) < 4.78 is 1.64. The van der Waals surface area contributed by atoms with Gasteiger partial charge in [-0.05, 0) is 66.1 Å². The maximum absolute atomic E-state index is 12.3. The quantitative estimate of drug-likeness (QED) is 0.713. The molecular weight excluding hydrogens is 334 g/mol. The molecule has 0 saturated carbocycles. The minimum absolute atomic E-state index is 0.0857. The minimum atomic E-state index is -0.0857. The maximum Gasteiger partial charge on any atom is 0.234 e. The molecule has 6 nitrogen and oxygen atoms in total. The van der Waals surface area contributed by atoms with E-state index in [0.29, 0.717) is 5.16 Å². The molecular formula is C18H19N5OS. The minimum Gasteiger partial charge on any atom is -0.325 e. The lowest BCUT2D eigenvalue weighted by Gasteiger charge is -2.10. The summed E-state index contributed by atoms with van der Waals surface area (Å²) in [5.41, 5.74) is 5.06. The Kier molecular flexibility index (Phi) is 5.14. The van der Waals surface area contributed by atoms with E-state index in [0.717, 1.165) is 28.1 Å². The highest BCUT2D eigenvalue weighted by atomic mass is 32.2. The van der Waals surface area contributed by atoms with Crippen molar-refractivity contribution < 1.29 is 4.79 Å². The topological polar surface area (TPSA) is 72.7 Å². The van der Waals surface area contributed by atoms with E-state index in [9.17, 15) is 4.79 Å². The molecule has 1 heterocycles. The van der Waals surface area contributed by atoms with E-state index in [1.54, 1.807) is 4.68 Å². The van der Waals surface area contributed by atoms with Crippen LogP contribution < -0.4 is 5.32 Å². The second kappa shape index (κ2) is 7.48. The number of thioether (sulfide) groups is 1. The first-order valence-electron chi connectivity index (χ1n) is 7.89. The fraction of sp³-hybridized carbons (Fsp3) is 0.222. The molecule has 3 rings (SSSR count). The molecule has 0 spiro atoms. The van der Waals surface area contributed by atoms with Crippen molar-refractivity contribution in [1.82, 2.24) is 20.2 Å². The van der Waals surface area contributed by atoms with Crippen molar-refractivity contribution in [2.45, 2.75) is 25.9 Å². The first-order chi connectivity index (χ1) is 12.0. The smallest absolute Gasteiger partial charge is 0.234 e. The Morgan fingerprint density at radius 1 is 1.16 bits per heavy atom. The predicted molar refractivity (Wildman–Crippen MR) is 99.2 cm³/mol. The summed E-state index contributed by atoms with van der Waals surface area (Å²) in [5, 5.41) is 15.3. The molecule has 0 saturated heterocycles. The van der Waals surface area contributed by atoms with Crippen LogP contribution in [0.2, 0.25) is 0 Å². The van der Waals surface area contributed by atoms with Crippen LogP contribution in [-0.4, -0.2) is 31.9 Å². The average molecular weight is 353 g/mol. The molecule has 0 fully saturated rings. The first-order valence-corrected chi connectivity index (χ1v) is 8.87. The second-order valence-corrected chi connectivity index (χ2v) is 6.74. The molecule has 7 heteroatoms. The molecule has 1 amide bonds. The highest BCUT2D eigenvalue weighted by Crippen LogP contribution is 2.21. The van der Waals surface area contributed by atoms with E-state index in [4.69, 9.17) is 0 Å². The van der Waals surface area contributed by atoms with Crippen molar-refractivity contribution in [3.63, 3.8) is 0 Å². The molecule has 3 aromatic rings. The van der Waals surface area contributed by atoms with Gasteiger partial charge in [0.05, 0.1) is 11.4 Å². The summed E-state index contributed by atoms with van der Waals surface area (Å²) in [6, 6.07) is 13.8. The average Bonchev–Trinajstić information content (AvgIpc) is 3.06. The highest BCUT2D eigenvalue weighted by Gasteiger charge is 2.12. The van der Waals surface area contributed by atoms with Crippen molar-refractivity contribution in [2.75, 3.05) is 11.1 Å². The maximum atomic E-state index is 12.3. The number of carbonyl (C=O) groups excluding carboxylic acids is 1. The van der Waals surface area contributed by atoms with Gasteiger partial charge in [0.15, 0.2) is 0 Å². The lowest BCUT2D eigenvalue weighted by atomic mass is 10.1. The Labute approximate surface area is 150 Å². The van der Waals surface area contributed by atoms with Gasteiger partial charge in [0.1, 0.15) is 0 Å². The Hall–Kier alpha value is -2.67. The van der Waals surface area contributed by atoms with Gasteiger partial charge in [-0.2, -0.15) is 4.68 Å². The van der Waals surface area contributed by atoms with Gasteiger partial charge in [0.2, 0.25) is 11.1 Å². The number of anilines is 1. The van der Waals surface area contributed by atoms with E-state index in [2.05, 4.69) is 20.8 Å². The monoisotopic (exact) mass is 353 g/mol. The van der Waals surface area contributed by atoms with Gasteiger partial charge >= 0.3 is 0 Å². The van der Waals surface area contributed by atoms with E-state index < -0.39 is 0 Å². The SMILES string of the molecule is Cc1cccc(-n2nnnc2SCC(=O)Nc2cccc(C)c2C)c1. The molecule has 0 atom stereocenters. The Balaban J connectivity index is 1.67. The van der Waals surface area contributed by atoms with Crippen LogP contribution in [0.1, 0.15) is 16.7 Å². The summed E-state index contributed by atoms with van der Waals surface area (Å²) in [6.07, 6.45) is 0. The van der Waals surface area contributed by atoms with Crippen LogP contribution in [0.3, 0.4) is 0 Å². The molecule has 0 unspecified atom stereocenters. The molecule has 1 aromatic heterocycles. The normalized spacial score (nSPS) is 10.7. The van der Waals surface area contributed by atoms with Gasteiger partial charge in [-0.15, -0.1) is 5.10 Å². The zero-order valence-corrected chi connectivity index (χ0v) is 15.2. The lowest BCUT2D eigenvalue weighted by molar-refractivity contribution is -0.113. The number of rotatable bonds is 5. The number of aromatic nitrogens is 4. The molecule has 0 bridgehead atoms. The zero-order valence-electron chi connectivity index (χ0n) is 14.4. The van der Waals surface area contributed by atoms with Gasteiger partial charge in [0.25, 0.3) is 0 Å². The highest BCUT2D eigenvalue weighted by molar-refractivity contribution is 7.99. The summed E-state index contributed by atoms with van der Waals surface area (Å²) in [6.45, 7) is 6.03. The third-order valence-corrected chi connectivity index (χ3v) is 4.82. The summed E-state index contributed by atoms with van der Waals surface area (Å²) in [4.78, 5) is 12.3.